The Balaban J connectivity index is 1.45. The van der Waals surface area contributed by atoms with Crippen molar-refractivity contribution in [2.45, 2.75) is 51.0 Å². The Bertz CT molecular complexity index is 708. The van der Waals surface area contributed by atoms with Crippen molar-refractivity contribution < 1.29 is 9.53 Å². The van der Waals surface area contributed by atoms with Gasteiger partial charge in [0.2, 0.25) is 5.95 Å². The summed E-state index contributed by atoms with van der Waals surface area (Å²) in [5.74, 6) is 1.29. The molecule has 1 fully saturated rings. The molecule has 3 rings (SSSR count). The van der Waals surface area contributed by atoms with Crippen molar-refractivity contribution in [1.82, 2.24) is 15.3 Å². The van der Waals surface area contributed by atoms with Crippen molar-refractivity contribution in [1.29, 1.82) is 0 Å². The van der Waals surface area contributed by atoms with Crippen LogP contribution in [0.1, 0.15) is 54.4 Å². The summed E-state index contributed by atoms with van der Waals surface area (Å²) in [7, 11) is 1.65. The summed E-state index contributed by atoms with van der Waals surface area (Å²) in [5, 5.41) is 6.31. The lowest BCUT2D eigenvalue weighted by atomic mass is 10.1. The van der Waals surface area contributed by atoms with Gasteiger partial charge in [-0.05, 0) is 37.0 Å². The number of carbonyl (C=O) groups excluding carboxylic acids is 1. The molecule has 0 unspecified atom stereocenters. The number of amides is 1. The van der Waals surface area contributed by atoms with E-state index in [-0.39, 0.29) is 5.91 Å². The molecule has 1 aromatic heterocycles. The van der Waals surface area contributed by atoms with E-state index in [1.165, 1.54) is 25.7 Å². The first-order chi connectivity index (χ1) is 13.2. The number of nitrogens with zero attached hydrogens (tertiary/aromatic N) is 2. The Morgan fingerprint density at radius 3 is 2.37 bits per heavy atom. The second-order valence-corrected chi connectivity index (χ2v) is 6.98. The number of methoxy groups -OCH3 is 1. The third kappa shape index (κ3) is 5.94. The maximum absolute atomic E-state index is 12.3. The van der Waals surface area contributed by atoms with Gasteiger partial charge in [-0.15, -0.1) is 0 Å². The summed E-state index contributed by atoms with van der Waals surface area (Å²) in [5.41, 5.74) is 1.63. The average Bonchev–Trinajstić information content (AvgIpc) is 2.98. The smallest absolute Gasteiger partial charge is 0.254 e. The summed E-state index contributed by atoms with van der Waals surface area (Å²) in [4.78, 5) is 20.9. The zero-order chi connectivity index (χ0) is 18.9. The molecule has 1 heterocycles. The largest absolute Gasteiger partial charge is 0.497 e. The van der Waals surface area contributed by atoms with Crippen LogP contribution in [-0.4, -0.2) is 35.6 Å². The maximum atomic E-state index is 12.3. The van der Waals surface area contributed by atoms with Crippen molar-refractivity contribution >= 4 is 11.9 Å². The quantitative estimate of drug-likeness (QED) is 0.731. The molecule has 1 aromatic carbocycles. The van der Waals surface area contributed by atoms with E-state index in [2.05, 4.69) is 20.6 Å². The van der Waals surface area contributed by atoms with Crippen LogP contribution >= 0.6 is 0 Å². The minimum atomic E-state index is -0.149. The van der Waals surface area contributed by atoms with E-state index in [0.717, 1.165) is 30.6 Å². The molecule has 2 aromatic rings. The monoisotopic (exact) mass is 368 g/mol. The van der Waals surface area contributed by atoms with Gasteiger partial charge < -0.3 is 15.4 Å². The first-order valence-corrected chi connectivity index (χ1v) is 9.74. The van der Waals surface area contributed by atoms with Crippen molar-refractivity contribution in [2.24, 2.45) is 0 Å². The predicted molar refractivity (Wildman–Crippen MR) is 106 cm³/mol. The molecule has 6 heteroatoms. The fraction of sp³-hybridized carbons (Fsp3) is 0.476. The van der Waals surface area contributed by atoms with Crippen LogP contribution in [0.25, 0.3) is 0 Å². The van der Waals surface area contributed by atoms with Gasteiger partial charge in [-0.25, -0.2) is 9.97 Å². The third-order valence-corrected chi connectivity index (χ3v) is 4.96. The number of rotatable bonds is 7. The summed E-state index contributed by atoms with van der Waals surface area (Å²) >= 11 is 0. The molecule has 0 saturated heterocycles. The molecule has 1 saturated carbocycles. The lowest BCUT2D eigenvalue weighted by Crippen LogP contribution is -2.26. The highest BCUT2D eigenvalue weighted by molar-refractivity contribution is 5.93. The van der Waals surface area contributed by atoms with Crippen molar-refractivity contribution in [3.63, 3.8) is 0 Å². The van der Waals surface area contributed by atoms with Crippen molar-refractivity contribution in [3.8, 4) is 5.75 Å². The summed E-state index contributed by atoms with van der Waals surface area (Å²) < 4.78 is 5.14. The average molecular weight is 368 g/mol. The van der Waals surface area contributed by atoms with E-state index in [4.69, 9.17) is 4.74 Å². The fourth-order valence-corrected chi connectivity index (χ4v) is 3.34. The van der Waals surface area contributed by atoms with Crippen LogP contribution in [0.3, 0.4) is 0 Å². The lowest BCUT2D eigenvalue weighted by Gasteiger charge is -2.15. The van der Waals surface area contributed by atoms with E-state index >= 15 is 0 Å². The normalized spacial score (nSPS) is 15.0. The molecule has 1 amide bonds. The predicted octanol–water partition coefficient (Wildman–Crippen LogP) is 3.59. The van der Waals surface area contributed by atoms with Crippen LogP contribution in [0, 0.1) is 0 Å². The number of nitrogens with one attached hydrogen (secondary N) is 2. The minimum Gasteiger partial charge on any atom is -0.497 e. The zero-order valence-corrected chi connectivity index (χ0v) is 15.9. The van der Waals surface area contributed by atoms with Gasteiger partial charge in [0.1, 0.15) is 5.75 Å². The van der Waals surface area contributed by atoms with Gasteiger partial charge in [0.25, 0.3) is 5.91 Å². The first-order valence-electron chi connectivity index (χ1n) is 9.74. The molecule has 0 atom stereocenters. The summed E-state index contributed by atoms with van der Waals surface area (Å²) in [6, 6.07) is 8.29. The number of hydrogen-bond acceptors (Lipinski definition) is 5. The van der Waals surface area contributed by atoms with Crippen LogP contribution in [0.15, 0.2) is 36.7 Å². The van der Waals surface area contributed by atoms with E-state index in [9.17, 15) is 4.79 Å². The minimum absolute atomic E-state index is 0.149. The SMILES string of the molecule is COc1ccc(CCNC(=O)c2cnc(NC3CCCCCC3)nc2)cc1. The second kappa shape index (κ2) is 9.90. The zero-order valence-electron chi connectivity index (χ0n) is 15.9. The highest BCUT2D eigenvalue weighted by Gasteiger charge is 2.13. The number of aromatic nitrogens is 2. The fourth-order valence-electron chi connectivity index (χ4n) is 3.34. The highest BCUT2D eigenvalue weighted by atomic mass is 16.5. The van der Waals surface area contributed by atoms with Gasteiger partial charge in [0, 0.05) is 25.0 Å². The molecule has 0 bridgehead atoms. The van der Waals surface area contributed by atoms with Crippen LogP contribution in [-0.2, 0) is 6.42 Å². The van der Waals surface area contributed by atoms with Gasteiger partial charge in [-0.3, -0.25) is 4.79 Å². The van der Waals surface area contributed by atoms with Gasteiger partial charge in [0.15, 0.2) is 0 Å². The van der Waals surface area contributed by atoms with Gasteiger partial charge in [-0.2, -0.15) is 0 Å². The lowest BCUT2D eigenvalue weighted by molar-refractivity contribution is 0.0953. The van der Waals surface area contributed by atoms with Crippen LogP contribution < -0.4 is 15.4 Å². The Labute approximate surface area is 160 Å². The third-order valence-electron chi connectivity index (χ3n) is 4.96. The van der Waals surface area contributed by atoms with Crippen LogP contribution in [0.4, 0.5) is 5.95 Å². The molecular formula is C21H28N4O2. The molecule has 0 radical (unpaired) electrons. The summed E-state index contributed by atoms with van der Waals surface area (Å²) in [6.07, 6.45) is 11.4. The second-order valence-electron chi connectivity index (χ2n) is 6.98. The molecule has 0 aliphatic heterocycles. The number of hydrogen-bond donors (Lipinski definition) is 2. The molecule has 6 nitrogen and oxygen atoms in total. The number of anilines is 1. The van der Waals surface area contributed by atoms with E-state index in [1.54, 1.807) is 19.5 Å². The Morgan fingerprint density at radius 2 is 1.74 bits per heavy atom. The van der Waals surface area contributed by atoms with Crippen LogP contribution in [0.2, 0.25) is 0 Å². The topological polar surface area (TPSA) is 76.1 Å². The Kier molecular flexibility index (Phi) is 7.02. The Hall–Kier alpha value is -2.63. The number of ether oxygens (including phenoxy) is 1. The molecule has 0 spiro atoms. The first kappa shape index (κ1) is 19.1. The van der Waals surface area contributed by atoms with E-state index in [1.807, 2.05) is 24.3 Å². The van der Waals surface area contributed by atoms with Gasteiger partial charge >= 0.3 is 0 Å². The van der Waals surface area contributed by atoms with Crippen molar-refractivity contribution in [3.05, 3.63) is 47.8 Å². The van der Waals surface area contributed by atoms with Crippen LogP contribution in [0.5, 0.6) is 5.75 Å². The van der Waals surface area contributed by atoms with Crippen molar-refractivity contribution in [2.75, 3.05) is 19.0 Å². The number of carbonyl (C=O) groups is 1. The highest BCUT2D eigenvalue weighted by Crippen LogP contribution is 2.19. The maximum Gasteiger partial charge on any atom is 0.254 e. The molecule has 144 valence electrons. The Morgan fingerprint density at radius 1 is 1.07 bits per heavy atom. The molecule has 2 N–H and O–H groups in total. The summed E-state index contributed by atoms with van der Waals surface area (Å²) in [6.45, 7) is 0.563. The number of benzene rings is 1. The molecular weight excluding hydrogens is 340 g/mol. The van der Waals surface area contributed by atoms with Gasteiger partial charge in [-0.1, -0.05) is 37.8 Å². The molecule has 1 aliphatic rings. The molecule has 27 heavy (non-hydrogen) atoms. The van der Waals surface area contributed by atoms with E-state index < -0.39 is 0 Å². The van der Waals surface area contributed by atoms with Gasteiger partial charge in [0.05, 0.1) is 12.7 Å². The standard InChI is InChI=1S/C21H28N4O2/c1-27-19-10-8-16(9-11-19)12-13-22-20(26)17-14-23-21(24-15-17)25-18-6-4-2-3-5-7-18/h8-11,14-15,18H,2-7,12-13H2,1H3,(H,22,26)(H,23,24,25). The van der Waals surface area contributed by atoms with E-state index in [0.29, 0.717) is 24.1 Å². The molecule has 1 aliphatic carbocycles.